The van der Waals surface area contributed by atoms with Gasteiger partial charge in [-0.2, -0.15) is 9.57 Å². The highest BCUT2D eigenvalue weighted by molar-refractivity contribution is 7.89. The van der Waals surface area contributed by atoms with Crippen LogP contribution in [0.2, 0.25) is 0 Å². The van der Waals surface area contributed by atoms with E-state index < -0.39 is 10.0 Å². The first-order chi connectivity index (χ1) is 17.5. The molecule has 8 nitrogen and oxygen atoms in total. The quantitative estimate of drug-likeness (QED) is 0.493. The number of thiophene rings is 1. The minimum absolute atomic E-state index is 0. The molecule has 0 bridgehead atoms. The van der Waals surface area contributed by atoms with Gasteiger partial charge in [-0.05, 0) is 41.8 Å². The number of carbonyl (C=O) groups excluding carboxylic acids is 1. The Balaban J connectivity index is 0.00000320. The van der Waals surface area contributed by atoms with Crippen LogP contribution >= 0.6 is 23.7 Å². The number of hydrogen-bond acceptors (Lipinski definition) is 7. The van der Waals surface area contributed by atoms with E-state index in [0.717, 1.165) is 36.5 Å². The fourth-order valence-corrected chi connectivity index (χ4v) is 7.17. The van der Waals surface area contributed by atoms with E-state index in [0.29, 0.717) is 42.4 Å². The fraction of sp³-hybridized carbons (Fsp3) is 0.308. The second kappa shape index (κ2) is 11.7. The average Bonchev–Trinajstić information content (AvgIpc) is 3.25. The van der Waals surface area contributed by atoms with Crippen molar-refractivity contribution in [2.45, 2.75) is 24.4 Å². The molecule has 194 valence electrons. The summed E-state index contributed by atoms with van der Waals surface area (Å²) in [4.78, 5) is 16.5. The van der Waals surface area contributed by atoms with Crippen LogP contribution in [0.5, 0.6) is 0 Å². The van der Waals surface area contributed by atoms with Gasteiger partial charge in [-0.25, -0.2) is 8.42 Å². The third kappa shape index (κ3) is 5.88. The molecule has 3 heterocycles. The Hall–Kier alpha value is -2.78. The normalized spacial score (nSPS) is 16.3. The van der Waals surface area contributed by atoms with Crippen molar-refractivity contribution in [1.82, 2.24) is 9.21 Å². The molecule has 0 spiro atoms. The first-order valence-electron chi connectivity index (χ1n) is 11.8. The van der Waals surface area contributed by atoms with Gasteiger partial charge in [0.05, 0.1) is 23.7 Å². The van der Waals surface area contributed by atoms with Crippen LogP contribution in [0.4, 0.5) is 5.00 Å². The Bertz CT molecular complexity index is 1400. The standard InChI is InChI=1S/C26H26N4O4S2.ClH/c27-16-23-22-10-11-29(17-19-4-2-1-3-5-19)18-24(22)35-26(23)28-25(31)20-6-8-21(9-7-20)36(32,33)30-12-14-34-15-13-30;/h1-9H,10-15,17-18H2,(H,28,31);1H. The number of benzene rings is 2. The third-order valence-corrected chi connectivity index (χ3v) is 9.49. The molecule has 1 fully saturated rings. The number of morpholine rings is 1. The lowest BCUT2D eigenvalue weighted by atomic mass is 10.0. The van der Waals surface area contributed by atoms with Gasteiger partial charge in [0.25, 0.3) is 5.91 Å². The molecule has 1 aromatic heterocycles. The summed E-state index contributed by atoms with van der Waals surface area (Å²) in [6, 6.07) is 18.5. The molecule has 3 aromatic rings. The number of hydrogen-bond donors (Lipinski definition) is 1. The first kappa shape index (κ1) is 27.3. The zero-order valence-corrected chi connectivity index (χ0v) is 22.5. The number of ether oxygens (including phenoxy) is 1. The molecule has 11 heteroatoms. The second-order valence-electron chi connectivity index (χ2n) is 8.76. The number of nitriles is 1. The van der Waals surface area contributed by atoms with Crippen molar-refractivity contribution in [3.05, 3.63) is 81.7 Å². The number of nitrogens with zero attached hydrogens (tertiary/aromatic N) is 3. The van der Waals surface area contributed by atoms with Gasteiger partial charge in [-0.3, -0.25) is 9.69 Å². The maximum absolute atomic E-state index is 13.0. The van der Waals surface area contributed by atoms with Crippen LogP contribution in [0, 0.1) is 11.3 Å². The molecular weight excluding hydrogens is 532 g/mol. The summed E-state index contributed by atoms with van der Waals surface area (Å²) in [7, 11) is -3.63. The summed E-state index contributed by atoms with van der Waals surface area (Å²) in [5, 5.41) is 13.2. The van der Waals surface area contributed by atoms with Crippen LogP contribution in [0.3, 0.4) is 0 Å². The summed E-state index contributed by atoms with van der Waals surface area (Å²) >= 11 is 1.44. The molecule has 2 aromatic carbocycles. The van der Waals surface area contributed by atoms with Gasteiger partial charge in [0, 0.05) is 43.2 Å². The number of sulfonamides is 1. The lowest BCUT2D eigenvalue weighted by molar-refractivity contribution is 0.0730. The van der Waals surface area contributed by atoms with Gasteiger partial charge in [-0.15, -0.1) is 23.7 Å². The number of carbonyl (C=O) groups is 1. The molecule has 0 saturated carbocycles. The van der Waals surface area contributed by atoms with Gasteiger partial charge in [0.2, 0.25) is 10.0 Å². The summed E-state index contributed by atoms with van der Waals surface area (Å²) in [6.45, 7) is 3.78. The van der Waals surface area contributed by atoms with Crippen molar-refractivity contribution >= 4 is 44.7 Å². The number of rotatable bonds is 6. The average molecular weight is 559 g/mol. The highest BCUT2D eigenvalue weighted by atomic mass is 35.5. The van der Waals surface area contributed by atoms with E-state index in [1.54, 1.807) is 0 Å². The van der Waals surface area contributed by atoms with Crippen LogP contribution < -0.4 is 5.32 Å². The maximum Gasteiger partial charge on any atom is 0.256 e. The molecule has 0 atom stereocenters. The zero-order chi connectivity index (χ0) is 25.1. The van der Waals surface area contributed by atoms with Gasteiger partial charge < -0.3 is 10.1 Å². The number of nitrogens with one attached hydrogen (secondary N) is 1. The smallest absolute Gasteiger partial charge is 0.256 e. The van der Waals surface area contributed by atoms with E-state index in [1.165, 1.54) is 45.5 Å². The topological polar surface area (TPSA) is 103 Å². The third-order valence-electron chi connectivity index (χ3n) is 6.45. The molecule has 0 radical (unpaired) electrons. The highest BCUT2D eigenvalue weighted by Crippen LogP contribution is 2.37. The molecule has 2 aliphatic heterocycles. The predicted octanol–water partition coefficient (Wildman–Crippen LogP) is 3.87. The largest absolute Gasteiger partial charge is 0.379 e. The molecule has 0 aliphatic carbocycles. The van der Waals surface area contributed by atoms with E-state index in [2.05, 4.69) is 28.4 Å². The van der Waals surface area contributed by atoms with Gasteiger partial charge in [-0.1, -0.05) is 30.3 Å². The minimum Gasteiger partial charge on any atom is -0.379 e. The van der Waals surface area contributed by atoms with Crippen molar-refractivity contribution < 1.29 is 17.9 Å². The molecule has 2 aliphatic rings. The molecule has 5 rings (SSSR count). The van der Waals surface area contributed by atoms with E-state index in [4.69, 9.17) is 4.74 Å². The van der Waals surface area contributed by atoms with Gasteiger partial charge in [0.1, 0.15) is 11.1 Å². The molecule has 1 saturated heterocycles. The van der Waals surface area contributed by atoms with E-state index in [-0.39, 0.29) is 23.2 Å². The Labute approximate surface area is 226 Å². The summed E-state index contributed by atoms with van der Waals surface area (Å²) in [5.74, 6) is -0.374. The van der Waals surface area contributed by atoms with Crippen LogP contribution in [-0.2, 0) is 34.3 Å². The first-order valence-corrected chi connectivity index (χ1v) is 14.0. The van der Waals surface area contributed by atoms with Crippen molar-refractivity contribution in [2.75, 3.05) is 38.2 Å². The Morgan fingerprint density at radius 1 is 1.05 bits per heavy atom. The fourth-order valence-electron chi connectivity index (χ4n) is 4.53. The Morgan fingerprint density at radius 3 is 2.43 bits per heavy atom. The van der Waals surface area contributed by atoms with Gasteiger partial charge >= 0.3 is 0 Å². The van der Waals surface area contributed by atoms with Crippen LogP contribution in [0.25, 0.3) is 0 Å². The maximum atomic E-state index is 13.0. The van der Waals surface area contributed by atoms with Gasteiger partial charge in [0.15, 0.2) is 0 Å². The van der Waals surface area contributed by atoms with Crippen molar-refractivity contribution in [2.24, 2.45) is 0 Å². The monoisotopic (exact) mass is 558 g/mol. The Kier molecular flexibility index (Phi) is 8.64. The number of halogens is 1. The minimum atomic E-state index is -3.63. The van der Waals surface area contributed by atoms with Crippen LogP contribution in [-0.4, -0.2) is 56.4 Å². The summed E-state index contributed by atoms with van der Waals surface area (Å²) in [6.07, 6.45) is 0.755. The summed E-state index contributed by atoms with van der Waals surface area (Å²) < 4.78 is 32.3. The van der Waals surface area contributed by atoms with Crippen molar-refractivity contribution in [3.8, 4) is 6.07 Å². The zero-order valence-electron chi connectivity index (χ0n) is 20.1. The predicted molar refractivity (Wildman–Crippen MR) is 145 cm³/mol. The van der Waals surface area contributed by atoms with Crippen molar-refractivity contribution in [3.63, 3.8) is 0 Å². The number of fused-ring (bicyclic) bond motifs is 1. The summed E-state index contributed by atoms with van der Waals surface area (Å²) in [5.41, 5.74) is 3.10. The molecule has 1 N–H and O–H groups in total. The van der Waals surface area contributed by atoms with Crippen molar-refractivity contribution in [1.29, 1.82) is 5.26 Å². The lowest BCUT2D eigenvalue weighted by Crippen LogP contribution is -2.40. The molecule has 0 unspecified atom stereocenters. The van der Waals surface area contributed by atoms with Crippen LogP contribution in [0.1, 0.15) is 31.9 Å². The van der Waals surface area contributed by atoms with E-state index >= 15 is 0 Å². The lowest BCUT2D eigenvalue weighted by Gasteiger charge is -2.26. The number of amides is 1. The van der Waals surface area contributed by atoms with E-state index in [1.807, 2.05) is 18.2 Å². The molecular formula is C26H27ClN4O4S2. The SMILES string of the molecule is Cl.N#Cc1c(NC(=O)c2ccc(S(=O)(=O)N3CCOCC3)cc2)sc2c1CCN(Cc1ccccc1)C2. The van der Waals surface area contributed by atoms with Crippen LogP contribution in [0.15, 0.2) is 59.5 Å². The Morgan fingerprint density at radius 2 is 1.76 bits per heavy atom. The highest BCUT2D eigenvalue weighted by Gasteiger charge is 2.28. The molecule has 37 heavy (non-hydrogen) atoms. The molecule has 1 amide bonds. The van der Waals surface area contributed by atoms with E-state index in [9.17, 15) is 18.5 Å². The second-order valence-corrected chi connectivity index (χ2v) is 11.8. The number of anilines is 1.